The van der Waals surface area contributed by atoms with Crippen LogP contribution in [0.4, 0.5) is 0 Å². The zero-order valence-corrected chi connectivity index (χ0v) is 12.4. The van der Waals surface area contributed by atoms with Crippen LogP contribution in [0.3, 0.4) is 0 Å². The van der Waals surface area contributed by atoms with Gasteiger partial charge in [-0.3, -0.25) is 4.79 Å². The van der Waals surface area contributed by atoms with Crippen LogP contribution in [0.5, 0.6) is 5.88 Å². The standard InChI is InChI=1S/C15H12N2O4S/c1-21-15-8-14-11(9-16-15)7-12(10-18)17(14)22(19,20)13-5-3-2-4-6-13/h2-10H,1H3. The van der Waals surface area contributed by atoms with E-state index in [2.05, 4.69) is 4.98 Å². The summed E-state index contributed by atoms with van der Waals surface area (Å²) in [5.74, 6) is 0.271. The van der Waals surface area contributed by atoms with Crippen LogP contribution in [-0.4, -0.2) is 30.8 Å². The first-order valence-electron chi connectivity index (χ1n) is 6.39. The van der Waals surface area contributed by atoms with Gasteiger partial charge in [0.15, 0.2) is 6.29 Å². The van der Waals surface area contributed by atoms with Crippen LogP contribution >= 0.6 is 0 Å². The summed E-state index contributed by atoms with van der Waals surface area (Å²) in [5.41, 5.74) is 0.381. The van der Waals surface area contributed by atoms with Gasteiger partial charge >= 0.3 is 0 Å². The Hall–Kier alpha value is -2.67. The molecular formula is C15H12N2O4S. The first kappa shape index (κ1) is 14.3. The third kappa shape index (κ3) is 2.15. The van der Waals surface area contributed by atoms with Crippen molar-refractivity contribution >= 4 is 27.2 Å². The lowest BCUT2D eigenvalue weighted by Gasteiger charge is -2.09. The minimum Gasteiger partial charge on any atom is -0.481 e. The topological polar surface area (TPSA) is 78.3 Å². The number of aldehydes is 1. The molecular weight excluding hydrogens is 304 g/mol. The molecule has 3 rings (SSSR count). The van der Waals surface area contributed by atoms with Gasteiger partial charge in [0.25, 0.3) is 10.0 Å². The predicted octanol–water partition coefficient (Wildman–Crippen LogP) is 2.09. The molecule has 0 aliphatic rings. The van der Waals surface area contributed by atoms with E-state index in [0.29, 0.717) is 17.2 Å². The fourth-order valence-electron chi connectivity index (χ4n) is 2.24. The van der Waals surface area contributed by atoms with Crippen molar-refractivity contribution in [2.45, 2.75) is 4.90 Å². The van der Waals surface area contributed by atoms with Gasteiger partial charge in [-0.2, -0.15) is 0 Å². The molecule has 2 aromatic heterocycles. The highest BCUT2D eigenvalue weighted by molar-refractivity contribution is 7.90. The molecule has 0 amide bonds. The van der Waals surface area contributed by atoms with Gasteiger partial charge in [-0.15, -0.1) is 0 Å². The second-order valence-corrected chi connectivity index (χ2v) is 6.34. The summed E-state index contributed by atoms with van der Waals surface area (Å²) in [6.07, 6.45) is 1.98. The number of benzene rings is 1. The fourth-order valence-corrected chi connectivity index (χ4v) is 3.74. The lowest BCUT2D eigenvalue weighted by atomic mass is 10.3. The Morgan fingerprint density at radius 1 is 1.18 bits per heavy atom. The van der Waals surface area contributed by atoms with E-state index < -0.39 is 10.0 Å². The van der Waals surface area contributed by atoms with E-state index in [9.17, 15) is 13.2 Å². The van der Waals surface area contributed by atoms with Crippen molar-refractivity contribution in [3.05, 3.63) is 54.4 Å². The lowest BCUT2D eigenvalue weighted by Crippen LogP contribution is -2.15. The fraction of sp³-hybridized carbons (Fsp3) is 0.0667. The molecule has 0 unspecified atom stereocenters. The maximum absolute atomic E-state index is 12.8. The number of carbonyl (C=O) groups is 1. The van der Waals surface area contributed by atoms with Gasteiger partial charge < -0.3 is 4.74 Å². The molecule has 0 saturated carbocycles. The third-order valence-corrected chi connectivity index (χ3v) is 5.01. The van der Waals surface area contributed by atoms with Crippen LogP contribution in [0.15, 0.2) is 53.6 Å². The maximum Gasteiger partial charge on any atom is 0.268 e. The second kappa shape index (κ2) is 5.27. The molecule has 0 aliphatic carbocycles. The van der Waals surface area contributed by atoms with Crippen molar-refractivity contribution in [3.8, 4) is 5.88 Å². The molecule has 0 spiro atoms. The number of methoxy groups -OCH3 is 1. The Kier molecular flexibility index (Phi) is 3.42. The smallest absolute Gasteiger partial charge is 0.268 e. The van der Waals surface area contributed by atoms with E-state index in [1.54, 1.807) is 18.2 Å². The number of pyridine rings is 1. The highest BCUT2D eigenvalue weighted by Gasteiger charge is 2.23. The number of ether oxygens (including phenoxy) is 1. The van der Waals surface area contributed by atoms with Crippen molar-refractivity contribution in [2.24, 2.45) is 0 Å². The summed E-state index contributed by atoms with van der Waals surface area (Å²) in [5, 5.41) is 0.544. The van der Waals surface area contributed by atoms with Gasteiger partial charge in [0, 0.05) is 17.6 Å². The first-order chi connectivity index (χ1) is 10.6. The van der Waals surface area contributed by atoms with Crippen molar-refractivity contribution in [2.75, 3.05) is 7.11 Å². The summed E-state index contributed by atoms with van der Waals surface area (Å²) in [6.45, 7) is 0. The average molecular weight is 316 g/mol. The van der Waals surface area contributed by atoms with Crippen molar-refractivity contribution < 1.29 is 17.9 Å². The van der Waals surface area contributed by atoms with Crippen LogP contribution in [0.1, 0.15) is 10.5 Å². The van der Waals surface area contributed by atoms with Gasteiger partial charge in [-0.25, -0.2) is 17.4 Å². The molecule has 0 radical (unpaired) electrons. The molecule has 0 fully saturated rings. The number of rotatable bonds is 4. The summed E-state index contributed by atoms with van der Waals surface area (Å²) >= 11 is 0. The van der Waals surface area contributed by atoms with E-state index in [4.69, 9.17) is 4.74 Å². The molecule has 6 nitrogen and oxygen atoms in total. The van der Waals surface area contributed by atoms with E-state index in [-0.39, 0.29) is 16.5 Å². The van der Waals surface area contributed by atoms with Crippen molar-refractivity contribution in [3.63, 3.8) is 0 Å². The highest BCUT2D eigenvalue weighted by Crippen LogP contribution is 2.26. The molecule has 3 aromatic rings. The summed E-state index contributed by atoms with van der Waals surface area (Å²) in [7, 11) is -2.45. The zero-order valence-electron chi connectivity index (χ0n) is 11.6. The van der Waals surface area contributed by atoms with E-state index in [1.165, 1.54) is 37.6 Å². The van der Waals surface area contributed by atoms with Crippen LogP contribution < -0.4 is 4.74 Å². The minimum atomic E-state index is -3.89. The summed E-state index contributed by atoms with van der Waals surface area (Å²) in [4.78, 5) is 15.4. The normalized spacial score (nSPS) is 11.5. The minimum absolute atomic E-state index is 0.0360. The van der Waals surface area contributed by atoms with Crippen molar-refractivity contribution in [1.29, 1.82) is 0 Å². The Labute approximate surface area is 127 Å². The molecule has 0 N–H and O–H groups in total. The zero-order chi connectivity index (χ0) is 15.7. The third-order valence-electron chi connectivity index (χ3n) is 3.25. The molecule has 22 heavy (non-hydrogen) atoms. The molecule has 0 aliphatic heterocycles. The number of hydrogen-bond donors (Lipinski definition) is 0. The Bertz CT molecular complexity index is 946. The van der Waals surface area contributed by atoms with Gasteiger partial charge in [0.1, 0.15) is 0 Å². The van der Waals surface area contributed by atoms with Gasteiger partial charge in [-0.05, 0) is 18.2 Å². The second-order valence-electron chi connectivity index (χ2n) is 4.56. The Morgan fingerprint density at radius 3 is 2.55 bits per heavy atom. The maximum atomic E-state index is 12.8. The van der Waals surface area contributed by atoms with E-state index in [1.807, 2.05) is 0 Å². The highest BCUT2D eigenvalue weighted by atomic mass is 32.2. The molecule has 2 heterocycles. The van der Waals surface area contributed by atoms with Crippen LogP contribution in [0, 0.1) is 0 Å². The summed E-state index contributed by atoms with van der Waals surface area (Å²) < 4.78 is 31.7. The number of nitrogens with zero attached hydrogens (tertiary/aromatic N) is 2. The molecule has 7 heteroatoms. The van der Waals surface area contributed by atoms with Gasteiger partial charge in [0.05, 0.1) is 23.2 Å². The Balaban J connectivity index is 2.36. The molecule has 0 atom stereocenters. The molecule has 0 saturated heterocycles. The number of fused-ring (bicyclic) bond motifs is 1. The van der Waals surface area contributed by atoms with E-state index >= 15 is 0 Å². The monoisotopic (exact) mass is 316 g/mol. The van der Waals surface area contributed by atoms with Gasteiger partial charge in [0.2, 0.25) is 5.88 Å². The van der Waals surface area contributed by atoms with E-state index in [0.717, 1.165) is 3.97 Å². The van der Waals surface area contributed by atoms with Crippen LogP contribution in [-0.2, 0) is 10.0 Å². The SMILES string of the molecule is COc1cc2c(cn1)cc(C=O)n2S(=O)(=O)c1ccccc1. The molecule has 1 aromatic carbocycles. The quantitative estimate of drug-likeness (QED) is 0.689. The molecule has 0 bridgehead atoms. The van der Waals surface area contributed by atoms with Crippen LogP contribution in [0.2, 0.25) is 0 Å². The number of aromatic nitrogens is 2. The largest absolute Gasteiger partial charge is 0.481 e. The predicted molar refractivity (Wildman–Crippen MR) is 80.7 cm³/mol. The molecule has 112 valence electrons. The summed E-state index contributed by atoms with van der Waals surface area (Å²) in [6, 6.07) is 10.9. The number of carbonyl (C=O) groups excluding carboxylic acids is 1. The number of hydrogen-bond acceptors (Lipinski definition) is 5. The van der Waals surface area contributed by atoms with Crippen molar-refractivity contribution in [1.82, 2.24) is 8.96 Å². The Morgan fingerprint density at radius 2 is 1.91 bits per heavy atom. The average Bonchev–Trinajstić information content (AvgIpc) is 2.93. The van der Waals surface area contributed by atoms with Crippen LogP contribution in [0.25, 0.3) is 10.9 Å². The lowest BCUT2D eigenvalue weighted by molar-refractivity contribution is 0.111. The first-order valence-corrected chi connectivity index (χ1v) is 7.83. The van der Waals surface area contributed by atoms with Gasteiger partial charge in [-0.1, -0.05) is 18.2 Å².